The molecule has 1 unspecified atom stereocenters. The molecular weight excluding hydrogens is 536 g/mol. The average Bonchev–Trinajstić information content (AvgIpc) is 3.33. The van der Waals surface area contributed by atoms with Crippen LogP contribution in [0.2, 0.25) is 0 Å². The molecule has 0 bridgehead atoms. The molecule has 44 heavy (non-hydrogen) atoms. The van der Waals surface area contributed by atoms with Crippen molar-refractivity contribution in [1.82, 2.24) is 15.0 Å². The molecule has 1 aliphatic heterocycles. The molecule has 0 fully saturated rings. The van der Waals surface area contributed by atoms with E-state index in [1.807, 2.05) is 6.21 Å². The van der Waals surface area contributed by atoms with E-state index >= 15 is 0 Å². The summed E-state index contributed by atoms with van der Waals surface area (Å²) in [4.78, 5) is 20.0. The Labute approximate surface area is 257 Å². The summed E-state index contributed by atoms with van der Waals surface area (Å²) < 4.78 is 0. The van der Waals surface area contributed by atoms with E-state index in [2.05, 4.69) is 134 Å². The Bertz CT molecular complexity index is 2140. The van der Waals surface area contributed by atoms with Gasteiger partial charge in [-0.3, -0.25) is 4.99 Å². The molecule has 210 valence electrons. The maximum absolute atomic E-state index is 5.10. The van der Waals surface area contributed by atoms with E-state index in [0.29, 0.717) is 11.6 Å². The fourth-order valence-corrected chi connectivity index (χ4v) is 6.26. The number of aromatic nitrogens is 3. The first-order valence-corrected chi connectivity index (χ1v) is 15.2. The van der Waals surface area contributed by atoms with Crippen molar-refractivity contribution in [2.45, 2.75) is 19.8 Å². The summed E-state index contributed by atoms with van der Waals surface area (Å²) >= 11 is 0. The number of nitrogens with zero attached hydrogens (tertiary/aromatic N) is 4. The van der Waals surface area contributed by atoms with Gasteiger partial charge in [-0.15, -0.1) is 0 Å². The Morgan fingerprint density at radius 3 is 2.20 bits per heavy atom. The van der Waals surface area contributed by atoms with Gasteiger partial charge in [0.25, 0.3) is 0 Å². The van der Waals surface area contributed by atoms with Crippen LogP contribution in [0.1, 0.15) is 35.9 Å². The monoisotopic (exact) mass is 566 g/mol. The van der Waals surface area contributed by atoms with E-state index in [1.165, 1.54) is 16.5 Å². The van der Waals surface area contributed by atoms with Crippen LogP contribution in [0, 0.1) is 5.92 Å². The third-order valence-corrected chi connectivity index (χ3v) is 8.61. The second kappa shape index (κ2) is 11.0. The van der Waals surface area contributed by atoms with Crippen molar-refractivity contribution < 1.29 is 0 Å². The molecule has 4 nitrogen and oxygen atoms in total. The Hall–Kier alpha value is -5.48. The highest BCUT2D eigenvalue weighted by atomic mass is 15.0. The molecule has 0 spiro atoms. The summed E-state index contributed by atoms with van der Waals surface area (Å²) in [5.74, 6) is 2.37. The summed E-state index contributed by atoms with van der Waals surface area (Å²) in [6.45, 7) is 2.26. The Morgan fingerprint density at radius 2 is 1.32 bits per heavy atom. The van der Waals surface area contributed by atoms with E-state index in [-0.39, 0.29) is 5.92 Å². The lowest BCUT2D eigenvalue weighted by molar-refractivity contribution is 0.728. The van der Waals surface area contributed by atoms with Crippen LogP contribution in [-0.2, 0) is 6.42 Å². The molecule has 1 aliphatic carbocycles. The minimum Gasteiger partial charge on any atom is -0.260 e. The first kappa shape index (κ1) is 26.2. The molecule has 8 rings (SSSR count). The van der Waals surface area contributed by atoms with E-state index in [0.717, 1.165) is 63.1 Å². The smallest absolute Gasteiger partial charge is 0.164 e. The van der Waals surface area contributed by atoms with Crippen LogP contribution in [0.3, 0.4) is 0 Å². The van der Waals surface area contributed by atoms with Crippen molar-refractivity contribution in [2.24, 2.45) is 10.9 Å². The fourth-order valence-electron chi connectivity index (χ4n) is 6.26. The van der Waals surface area contributed by atoms with E-state index in [9.17, 15) is 0 Å². The molecular formula is C40H30N4. The second-order valence-electron chi connectivity index (χ2n) is 11.5. The third-order valence-electron chi connectivity index (χ3n) is 8.61. The van der Waals surface area contributed by atoms with Gasteiger partial charge in [0.1, 0.15) is 0 Å². The fraction of sp³-hybridized carbons (Fsp3) is 0.100. The van der Waals surface area contributed by atoms with E-state index in [1.54, 1.807) is 0 Å². The molecule has 0 radical (unpaired) electrons. The first-order chi connectivity index (χ1) is 21.7. The van der Waals surface area contributed by atoms with Crippen LogP contribution in [-0.4, -0.2) is 21.2 Å². The highest BCUT2D eigenvalue weighted by Gasteiger charge is 2.23. The van der Waals surface area contributed by atoms with Crippen LogP contribution in [0.15, 0.2) is 120 Å². The maximum atomic E-state index is 5.10. The van der Waals surface area contributed by atoms with Crippen LogP contribution < -0.4 is 0 Å². The van der Waals surface area contributed by atoms with Crippen molar-refractivity contribution in [2.75, 3.05) is 0 Å². The molecule has 1 aromatic heterocycles. The lowest BCUT2D eigenvalue weighted by Crippen LogP contribution is -2.13. The molecule has 2 aliphatic rings. The molecule has 0 saturated carbocycles. The maximum Gasteiger partial charge on any atom is 0.164 e. The van der Waals surface area contributed by atoms with E-state index < -0.39 is 0 Å². The van der Waals surface area contributed by atoms with Gasteiger partial charge in [0.05, 0.1) is 5.69 Å². The van der Waals surface area contributed by atoms with E-state index in [4.69, 9.17) is 19.9 Å². The number of benzene rings is 5. The van der Waals surface area contributed by atoms with Crippen molar-refractivity contribution in [3.05, 3.63) is 138 Å². The zero-order valence-electron chi connectivity index (χ0n) is 24.5. The summed E-state index contributed by atoms with van der Waals surface area (Å²) in [6.07, 6.45) is 10.3. The molecule has 5 aromatic carbocycles. The van der Waals surface area contributed by atoms with Crippen LogP contribution in [0.4, 0.5) is 5.69 Å². The Balaban J connectivity index is 1.25. The number of hydrogen-bond donors (Lipinski definition) is 0. The lowest BCUT2D eigenvalue weighted by Gasteiger charge is -2.22. The molecule has 2 heterocycles. The summed E-state index contributed by atoms with van der Waals surface area (Å²) in [7, 11) is 0. The lowest BCUT2D eigenvalue weighted by atomic mass is 9.84. The largest absolute Gasteiger partial charge is 0.260 e. The highest BCUT2D eigenvalue weighted by Crippen LogP contribution is 2.37. The molecule has 0 amide bonds. The van der Waals surface area contributed by atoms with Crippen LogP contribution in [0.5, 0.6) is 0 Å². The van der Waals surface area contributed by atoms with Gasteiger partial charge >= 0.3 is 0 Å². The molecule has 0 N–H and O–H groups in total. The number of rotatable bonds is 4. The van der Waals surface area contributed by atoms with Crippen molar-refractivity contribution >= 4 is 40.4 Å². The van der Waals surface area contributed by atoms with Gasteiger partial charge in [-0.05, 0) is 51.9 Å². The van der Waals surface area contributed by atoms with Gasteiger partial charge in [-0.1, -0.05) is 122 Å². The zero-order valence-corrected chi connectivity index (χ0v) is 24.5. The summed E-state index contributed by atoms with van der Waals surface area (Å²) in [5.41, 5.74) is 10.0. The predicted octanol–water partition coefficient (Wildman–Crippen LogP) is 9.88. The van der Waals surface area contributed by atoms with Gasteiger partial charge in [-0.2, -0.15) is 0 Å². The molecule has 6 aromatic rings. The standard InChI is InChI=1S/C40H30N4/c1-26-23-31-11-4-5-13-33(31)25-36(26)40-43-38(42-39(44-40)34-21-16-27-9-2-3-12-32(27)24-34)30-19-17-28(18-20-30)35-15-8-14-29-10-6-7-22-41-37(29)35/h2-6,8-22,24-26H,7,23H2,1H3. The number of aliphatic imine (C=N–C) groups is 1. The van der Waals surface area contributed by atoms with Crippen LogP contribution in [0.25, 0.3) is 62.4 Å². The number of para-hydroxylation sites is 1. The minimum atomic E-state index is 0.287. The summed E-state index contributed by atoms with van der Waals surface area (Å²) in [5, 5.41) is 2.36. The number of fused-ring (bicyclic) bond motifs is 3. The van der Waals surface area contributed by atoms with Crippen molar-refractivity contribution in [3.63, 3.8) is 0 Å². The molecule has 4 heteroatoms. The molecule has 1 atom stereocenters. The Morgan fingerprint density at radius 1 is 0.614 bits per heavy atom. The Kier molecular flexibility index (Phi) is 6.53. The normalized spacial score (nSPS) is 15.4. The second-order valence-corrected chi connectivity index (χ2v) is 11.5. The molecule has 0 saturated heterocycles. The predicted molar refractivity (Wildman–Crippen MR) is 183 cm³/mol. The highest BCUT2D eigenvalue weighted by molar-refractivity contribution is 5.89. The van der Waals surface area contributed by atoms with Crippen LogP contribution >= 0.6 is 0 Å². The van der Waals surface area contributed by atoms with Gasteiger partial charge in [0, 0.05) is 40.5 Å². The zero-order chi connectivity index (χ0) is 29.5. The van der Waals surface area contributed by atoms with Gasteiger partial charge in [0.2, 0.25) is 0 Å². The van der Waals surface area contributed by atoms with Gasteiger partial charge in [0.15, 0.2) is 17.5 Å². The van der Waals surface area contributed by atoms with Gasteiger partial charge < -0.3 is 0 Å². The van der Waals surface area contributed by atoms with Crippen molar-refractivity contribution in [3.8, 4) is 33.9 Å². The topological polar surface area (TPSA) is 51.0 Å². The third kappa shape index (κ3) is 4.84. The van der Waals surface area contributed by atoms with Crippen molar-refractivity contribution in [1.29, 1.82) is 0 Å². The summed E-state index contributed by atoms with van der Waals surface area (Å²) in [6, 6.07) is 38.3. The minimum absolute atomic E-state index is 0.287. The number of hydrogen-bond acceptors (Lipinski definition) is 4. The average molecular weight is 567 g/mol. The quantitative estimate of drug-likeness (QED) is 0.213. The first-order valence-electron chi connectivity index (χ1n) is 15.2. The SMILES string of the molecule is CC1Cc2ccccc2C=C1c1nc(-c2ccc(-c3cccc4c3N=CCC=C4)cc2)nc(-c2ccc3ccccc3c2)n1. The van der Waals surface area contributed by atoms with Gasteiger partial charge in [-0.25, -0.2) is 15.0 Å². The number of allylic oxidation sites excluding steroid dienone is 2.